The molecule has 0 aliphatic heterocycles. The Morgan fingerprint density at radius 1 is 1.05 bits per heavy atom. The van der Waals surface area contributed by atoms with Gasteiger partial charge in [0, 0.05) is 5.56 Å². The number of carboxylic acid groups (broad SMARTS) is 1. The van der Waals surface area contributed by atoms with Crippen LogP contribution in [-0.4, -0.2) is 17.2 Å². The molecule has 0 bridgehead atoms. The molecule has 1 N–H and O–H groups in total. The summed E-state index contributed by atoms with van der Waals surface area (Å²) in [6, 6.07) is 7.68. The summed E-state index contributed by atoms with van der Waals surface area (Å²) in [6.45, 7) is 1.37. The Hall–Kier alpha value is -2.50. The van der Waals surface area contributed by atoms with Gasteiger partial charge in [-0.05, 0) is 36.8 Å². The summed E-state index contributed by atoms with van der Waals surface area (Å²) in [4.78, 5) is 10.7. The third-order valence-corrected chi connectivity index (χ3v) is 2.86. The van der Waals surface area contributed by atoms with Gasteiger partial charge in [-0.2, -0.15) is 0 Å². The van der Waals surface area contributed by atoms with Crippen LogP contribution in [0.4, 0.5) is 13.2 Å². The van der Waals surface area contributed by atoms with Crippen molar-refractivity contribution in [3.05, 3.63) is 53.8 Å². The molecule has 0 fully saturated rings. The summed E-state index contributed by atoms with van der Waals surface area (Å²) in [6.07, 6.45) is -1.03. The highest BCUT2D eigenvalue weighted by Crippen LogP contribution is 2.27. The van der Waals surface area contributed by atoms with Gasteiger partial charge < -0.3 is 9.84 Å². The predicted octanol–water partition coefficient (Wildman–Crippen LogP) is 3.62. The highest BCUT2D eigenvalue weighted by atomic mass is 19.2. The molecule has 0 aliphatic rings. The molecule has 3 nitrogen and oxygen atoms in total. The minimum Gasteiger partial charge on any atom is -0.479 e. The average Bonchev–Trinajstić information content (AvgIpc) is 2.46. The van der Waals surface area contributed by atoms with Crippen molar-refractivity contribution in [1.82, 2.24) is 0 Å². The van der Waals surface area contributed by atoms with Gasteiger partial charge in [0.15, 0.2) is 23.6 Å². The maximum absolute atomic E-state index is 13.6. The summed E-state index contributed by atoms with van der Waals surface area (Å²) in [7, 11) is 0. The fraction of sp³-hybridized carbons (Fsp3) is 0.133. The van der Waals surface area contributed by atoms with E-state index < -0.39 is 29.5 Å². The second-order valence-electron chi connectivity index (χ2n) is 4.35. The smallest absolute Gasteiger partial charge is 0.344 e. The Kier molecular flexibility index (Phi) is 4.16. The predicted molar refractivity (Wildman–Crippen MR) is 69.5 cm³/mol. The normalized spacial score (nSPS) is 12.0. The van der Waals surface area contributed by atoms with Gasteiger partial charge in [-0.15, -0.1) is 0 Å². The monoisotopic (exact) mass is 296 g/mol. The van der Waals surface area contributed by atoms with Gasteiger partial charge >= 0.3 is 5.97 Å². The van der Waals surface area contributed by atoms with Crippen LogP contribution in [0.25, 0.3) is 11.1 Å². The molecule has 2 aromatic carbocycles. The molecule has 0 aromatic heterocycles. The van der Waals surface area contributed by atoms with Gasteiger partial charge in [0.25, 0.3) is 0 Å². The molecular weight excluding hydrogens is 285 g/mol. The van der Waals surface area contributed by atoms with Crippen LogP contribution in [0, 0.1) is 17.5 Å². The zero-order chi connectivity index (χ0) is 15.6. The highest BCUT2D eigenvalue weighted by molar-refractivity contribution is 5.72. The first-order valence-corrected chi connectivity index (χ1v) is 6.03. The number of carboxylic acids is 1. The number of aliphatic carboxylic acids is 1. The van der Waals surface area contributed by atoms with Crippen LogP contribution < -0.4 is 4.74 Å². The molecule has 0 amide bonds. The van der Waals surface area contributed by atoms with Crippen LogP contribution in [0.3, 0.4) is 0 Å². The van der Waals surface area contributed by atoms with Crippen molar-refractivity contribution >= 4 is 5.97 Å². The first kappa shape index (κ1) is 14.9. The minimum atomic E-state index is -1.53. The lowest BCUT2D eigenvalue weighted by Crippen LogP contribution is -2.22. The van der Waals surface area contributed by atoms with Crippen LogP contribution in [-0.2, 0) is 4.79 Å². The summed E-state index contributed by atoms with van der Waals surface area (Å²) in [5.74, 6) is -4.91. The number of benzene rings is 2. The van der Waals surface area contributed by atoms with Crippen LogP contribution >= 0.6 is 0 Å². The lowest BCUT2D eigenvalue weighted by Gasteiger charge is -2.11. The Labute approximate surface area is 118 Å². The van der Waals surface area contributed by atoms with Crippen LogP contribution in [0.15, 0.2) is 36.4 Å². The molecule has 0 saturated heterocycles. The van der Waals surface area contributed by atoms with Crippen molar-refractivity contribution < 1.29 is 27.8 Å². The largest absolute Gasteiger partial charge is 0.479 e. The van der Waals surface area contributed by atoms with Crippen molar-refractivity contribution in [2.24, 2.45) is 0 Å². The molecule has 0 aliphatic carbocycles. The Morgan fingerprint density at radius 3 is 2.24 bits per heavy atom. The topological polar surface area (TPSA) is 46.5 Å². The molecular formula is C15H11F3O3. The lowest BCUT2D eigenvalue weighted by molar-refractivity contribution is -0.144. The van der Waals surface area contributed by atoms with Crippen LogP contribution in [0.5, 0.6) is 5.75 Å². The molecule has 21 heavy (non-hydrogen) atoms. The second kappa shape index (κ2) is 5.87. The number of rotatable bonds is 4. The number of halogens is 3. The van der Waals surface area contributed by atoms with Crippen molar-refractivity contribution in [2.45, 2.75) is 13.0 Å². The molecule has 0 heterocycles. The molecule has 6 heteroatoms. The maximum atomic E-state index is 13.6. The Balaban J connectivity index is 2.27. The number of ether oxygens (including phenoxy) is 1. The summed E-state index contributed by atoms with van der Waals surface area (Å²) < 4.78 is 44.8. The average molecular weight is 296 g/mol. The number of carbonyl (C=O) groups is 1. The van der Waals surface area contributed by atoms with E-state index >= 15 is 0 Å². The van der Waals surface area contributed by atoms with Crippen molar-refractivity contribution in [3.8, 4) is 16.9 Å². The van der Waals surface area contributed by atoms with Gasteiger partial charge in [0.05, 0.1) is 0 Å². The van der Waals surface area contributed by atoms with E-state index in [1.165, 1.54) is 31.2 Å². The molecule has 2 aromatic rings. The van der Waals surface area contributed by atoms with Crippen molar-refractivity contribution in [2.75, 3.05) is 0 Å². The molecule has 0 saturated carbocycles. The van der Waals surface area contributed by atoms with Crippen LogP contribution in [0.2, 0.25) is 0 Å². The number of hydrogen-bond donors (Lipinski definition) is 1. The quantitative estimate of drug-likeness (QED) is 0.876. The first-order valence-electron chi connectivity index (χ1n) is 6.03. The molecule has 1 unspecified atom stereocenters. The minimum absolute atomic E-state index is 0.0910. The maximum Gasteiger partial charge on any atom is 0.344 e. The number of hydrogen-bond acceptors (Lipinski definition) is 2. The van der Waals surface area contributed by atoms with Gasteiger partial charge in [0.1, 0.15) is 5.75 Å². The Morgan fingerprint density at radius 2 is 1.67 bits per heavy atom. The summed E-state index contributed by atoms with van der Waals surface area (Å²) in [5, 5.41) is 8.72. The van der Waals surface area contributed by atoms with Crippen LogP contribution in [0.1, 0.15) is 6.92 Å². The zero-order valence-electron chi connectivity index (χ0n) is 10.9. The van der Waals surface area contributed by atoms with E-state index in [0.717, 1.165) is 12.1 Å². The van der Waals surface area contributed by atoms with E-state index in [1.807, 2.05) is 0 Å². The third kappa shape index (κ3) is 3.16. The van der Waals surface area contributed by atoms with Gasteiger partial charge in [-0.25, -0.2) is 18.0 Å². The third-order valence-electron chi connectivity index (χ3n) is 2.86. The highest BCUT2D eigenvalue weighted by Gasteiger charge is 2.15. The van der Waals surface area contributed by atoms with Gasteiger partial charge in [-0.1, -0.05) is 12.1 Å². The summed E-state index contributed by atoms with van der Waals surface area (Å²) >= 11 is 0. The van der Waals surface area contributed by atoms with E-state index in [-0.39, 0.29) is 11.3 Å². The molecule has 0 radical (unpaired) electrons. The van der Waals surface area contributed by atoms with E-state index in [0.29, 0.717) is 5.56 Å². The molecule has 110 valence electrons. The van der Waals surface area contributed by atoms with E-state index in [9.17, 15) is 18.0 Å². The molecule has 0 spiro atoms. The molecule has 2 rings (SSSR count). The van der Waals surface area contributed by atoms with E-state index in [4.69, 9.17) is 9.84 Å². The zero-order valence-corrected chi connectivity index (χ0v) is 10.9. The lowest BCUT2D eigenvalue weighted by atomic mass is 10.0. The Bertz CT molecular complexity index is 669. The fourth-order valence-corrected chi connectivity index (χ4v) is 1.72. The summed E-state index contributed by atoms with van der Waals surface area (Å²) in [5.41, 5.74) is 0.230. The standard InChI is InChI=1S/C15H11F3O3/c1-8(15(19)20)21-10-4-2-9(3-5-10)11-6-7-12(16)14(18)13(11)17/h2-8H,1H3,(H,19,20). The molecule has 1 atom stereocenters. The van der Waals surface area contributed by atoms with Crippen molar-refractivity contribution in [1.29, 1.82) is 0 Å². The van der Waals surface area contributed by atoms with Gasteiger partial charge in [0.2, 0.25) is 0 Å². The second-order valence-corrected chi connectivity index (χ2v) is 4.35. The van der Waals surface area contributed by atoms with Gasteiger partial charge in [-0.3, -0.25) is 0 Å². The van der Waals surface area contributed by atoms with E-state index in [1.54, 1.807) is 0 Å². The van der Waals surface area contributed by atoms with E-state index in [2.05, 4.69) is 0 Å². The van der Waals surface area contributed by atoms with Crippen molar-refractivity contribution in [3.63, 3.8) is 0 Å². The SMILES string of the molecule is CC(Oc1ccc(-c2ccc(F)c(F)c2F)cc1)C(=O)O. The fourth-order valence-electron chi connectivity index (χ4n) is 1.72. The first-order chi connectivity index (χ1) is 9.90.